The van der Waals surface area contributed by atoms with Gasteiger partial charge in [0.25, 0.3) is 5.91 Å². The smallest absolute Gasteiger partial charge is 0.251 e. The summed E-state index contributed by atoms with van der Waals surface area (Å²) in [6.07, 6.45) is 6.74. The van der Waals surface area contributed by atoms with Gasteiger partial charge < -0.3 is 5.32 Å². The van der Waals surface area contributed by atoms with E-state index in [0.29, 0.717) is 43.6 Å². The number of benzene rings is 1. The summed E-state index contributed by atoms with van der Waals surface area (Å²) < 4.78 is 28.8. The molecule has 5 rings (SSSR count). The molecule has 0 radical (unpaired) electrons. The van der Waals surface area contributed by atoms with E-state index >= 15 is 0 Å². The highest BCUT2D eigenvalue weighted by atomic mass is 32.2. The van der Waals surface area contributed by atoms with Crippen molar-refractivity contribution in [1.29, 1.82) is 0 Å². The van der Waals surface area contributed by atoms with E-state index in [-0.39, 0.29) is 10.8 Å². The maximum absolute atomic E-state index is 12.6. The molecule has 2 aliphatic carbocycles. The fourth-order valence-corrected chi connectivity index (χ4v) is 5.67. The van der Waals surface area contributed by atoms with Crippen LogP contribution in [0, 0.1) is 0 Å². The van der Waals surface area contributed by atoms with E-state index in [0.717, 1.165) is 12.8 Å². The monoisotopic (exact) mass is 428 g/mol. The van der Waals surface area contributed by atoms with E-state index in [9.17, 15) is 13.2 Å². The molecule has 0 spiro atoms. The van der Waals surface area contributed by atoms with Crippen LogP contribution in [0.5, 0.6) is 0 Å². The summed E-state index contributed by atoms with van der Waals surface area (Å²) in [5, 5.41) is 7.72. The van der Waals surface area contributed by atoms with Gasteiger partial charge in [0.15, 0.2) is 0 Å². The first-order valence-electron chi connectivity index (χ1n) is 11.0. The number of carbonyl (C=O) groups is 1. The molecule has 1 N–H and O–H groups in total. The van der Waals surface area contributed by atoms with Crippen LogP contribution in [0.1, 0.15) is 72.1 Å². The van der Waals surface area contributed by atoms with Gasteiger partial charge in [0.1, 0.15) is 0 Å². The number of rotatable bonds is 8. The van der Waals surface area contributed by atoms with Crippen molar-refractivity contribution in [3.63, 3.8) is 0 Å². The van der Waals surface area contributed by atoms with Gasteiger partial charge >= 0.3 is 0 Å². The standard InChI is InChI=1S/C22H28N4O3S/c27-22(18-7-9-19(10-8-18)30(28,29)25-12-1-2-13-25)23-11-14-26-21(17-5-6-17)15-20(24-26)16-3-4-16/h7-10,15-17H,1-6,11-14H2,(H,23,27). The van der Waals surface area contributed by atoms with Crippen molar-refractivity contribution in [2.24, 2.45) is 0 Å². The van der Waals surface area contributed by atoms with Crippen LogP contribution in [0.4, 0.5) is 0 Å². The summed E-state index contributed by atoms with van der Waals surface area (Å²) in [6.45, 7) is 2.30. The SMILES string of the molecule is O=C(NCCn1nc(C2CC2)cc1C1CC1)c1ccc(S(=O)(=O)N2CCCC2)cc1. The Morgan fingerprint density at radius 1 is 1.03 bits per heavy atom. The fraction of sp³-hybridized carbons (Fsp3) is 0.545. The van der Waals surface area contributed by atoms with Gasteiger partial charge in [0, 0.05) is 42.7 Å². The topological polar surface area (TPSA) is 84.3 Å². The zero-order valence-electron chi connectivity index (χ0n) is 17.1. The normalized spacial score (nSPS) is 19.9. The second-order valence-electron chi connectivity index (χ2n) is 8.66. The third-order valence-corrected chi connectivity index (χ3v) is 8.16. The Morgan fingerprint density at radius 3 is 2.33 bits per heavy atom. The number of nitrogens with zero attached hydrogens (tertiary/aromatic N) is 3. The van der Waals surface area contributed by atoms with E-state index in [1.54, 1.807) is 12.1 Å². The predicted octanol–water partition coefficient (Wildman–Crippen LogP) is 2.85. The van der Waals surface area contributed by atoms with Crippen LogP contribution in [0.3, 0.4) is 0 Å². The van der Waals surface area contributed by atoms with Crippen molar-refractivity contribution >= 4 is 15.9 Å². The lowest BCUT2D eigenvalue weighted by atomic mass is 10.2. The highest BCUT2D eigenvalue weighted by Crippen LogP contribution is 2.44. The van der Waals surface area contributed by atoms with Crippen molar-refractivity contribution in [1.82, 2.24) is 19.4 Å². The number of hydrogen-bond donors (Lipinski definition) is 1. The summed E-state index contributed by atoms with van der Waals surface area (Å²) in [7, 11) is -3.45. The molecule has 2 aromatic rings. The summed E-state index contributed by atoms with van der Waals surface area (Å²) in [5.74, 6) is 1.07. The molecule has 2 saturated carbocycles. The molecule has 160 valence electrons. The fourth-order valence-electron chi connectivity index (χ4n) is 4.15. The minimum atomic E-state index is -3.45. The molecule has 8 heteroatoms. The lowest BCUT2D eigenvalue weighted by Gasteiger charge is -2.15. The van der Waals surface area contributed by atoms with Crippen LogP contribution in [-0.4, -0.2) is 48.0 Å². The van der Waals surface area contributed by atoms with Crippen LogP contribution in [0.15, 0.2) is 35.2 Å². The molecule has 30 heavy (non-hydrogen) atoms. The Balaban J connectivity index is 1.19. The average molecular weight is 429 g/mol. The summed E-state index contributed by atoms with van der Waals surface area (Å²) in [4.78, 5) is 12.8. The number of hydrogen-bond acceptors (Lipinski definition) is 4. The number of aromatic nitrogens is 2. The number of amides is 1. The molecule has 1 aliphatic heterocycles. The quantitative estimate of drug-likeness (QED) is 0.701. The van der Waals surface area contributed by atoms with Crippen molar-refractivity contribution in [2.45, 2.75) is 61.8 Å². The Labute approximate surface area is 177 Å². The average Bonchev–Trinajstić information content (AvgIpc) is 3.68. The third-order valence-electron chi connectivity index (χ3n) is 6.25. The number of sulfonamides is 1. The second-order valence-corrected chi connectivity index (χ2v) is 10.6. The van der Waals surface area contributed by atoms with Gasteiger partial charge in [-0.3, -0.25) is 9.48 Å². The van der Waals surface area contributed by atoms with Gasteiger partial charge in [-0.15, -0.1) is 0 Å². The van der Waals surface area contributed by atoms with Crippen molar-refractivity contribution in [2.75, 3.05) is 19.6 Å². The van der Waals surface area contributed by atoms with Gasteiger partial charge in [0.05, 0.1) is 17.1 Å². The number of nitrogens with one attached hydrogen (secondary N) is 1. The van der Waals surface area contributed by atoms with Gasteiger partial charge in [-0.25, -0.2) is 8.42 Å². The van der Waals surface area contributed by atoms with Crippen molar-refractivity contribution < 1.29 is 13.2 Å². The van der Waals surface area contributed by atoms with E-state index in [1.807, 2.05) is 0 Å². The molecule has 0 unspecified atom stereocenters. The molecule has 7 nitrogen and oxygen atoms in total. The lowest BCUT2D eigenvalue weighted by Crippen LogP contribution is -2.29. The Hall–Kier alpha value is -2.19. The third kappa shape index (κ3) is 4.03. The maximum Gasteiger partial charge on any atom is 0.251 e. The van der Waals surface area contributed by atoms with Crippen LogP contribution in [0.25, 0.3) is 0 Å². The second kappa shape index (κ2) is 7.81. The molecular formula is C22H28N4O3S. The van der Waals surface area contributed by atoms with Crippen molar-refractivity contribution in [3.05, 3.63) is 47.3 Å². The molecule has 1 aromatic carbocycles. The largest absolute Gasteiger partial charge is 0.350 e. The maximum atomic E-state index is 12.6. The number of carbonyl (C=O) groups excluding carboxylic acids is 1. The predicted molar refractivity (Wildman–Crippen MR) is 113 cm³/mol. The van der Waals surface area contributed by atoms with E-state index in [1.165, 1.54) is 53.5 Å². The van der Waals surface area contributed by atoms with Crippen LogP contribution >= 0.6 is 0 Å². The highest BCUT2D eigenvalue weighted by molar-refractivity contribution is 7.89. The lowest BCUT2D eigenvalue weighted by molar-refractivity contribution is 0.0951. The van der Waals surface area contributed by atoms with Crippen LogP contribution in [0.2, 0.25) is 0 Å². The molecule has 1 amide bonds. The Bertz CT molecular complexity index is 1030. The summed E-state index contributed by atoms with van der Waals surface area (Å²) in [5.41, 5.74) is 2.98. The van der Waals surface area contributed by atoms with Gasteiger partial charge in [-0.2, -0.15) is 9.40 Å². The molecule has 1 aromatic heterocycles. The zero-order chi connectivity index (χ0) is 20.7. The molecule has 0 bridgehead atoms. The summed E-state index contributed by atoms with van der Waals surface area (Å²) >= 11 is 0. The molecule has 1 saturated heterocycles. The minimum Gasteiger partial charge on any atom is -0.350 e. The van der Waals surface area contributed by atoms with Gasteiger partial charge in [-0.05, 0) is 68.9 Å². The minimum absolute atomic E-state index is 0.192. The first-order valence-corrected chi connectivity index (χ1v) is 12.4. The first kappa shape index (κ1) is 19.8. The van der Waals surface area contributed by atoms with E-state index in [2.05, 4.69) is 16.1 Å². The van der Waals surface area contributed by atoms with Crippen molar-refractivity contribution in [3.8, 4) is 0 Å². The van der Waals surface area contributed by atoms with E-state index < -0.39 is 10.0 Å². The zero-order valence-corrected chi connectivity index (χ0v) is 17.9. The Morgan fingerprint density at radius 2 is 1.70 bits per heavy atom. The highest BCUT2D eigenvalue weighted by Gasteiger charge is 2.32. The summed E-state index contributed by atoms with van der Waals surface area (Å²) in [6, 6.07) is 8.50. The van der Waals surface area contributed by atoms with Crippen LogP contribution in [-0.2, 0) is 16.6 Å². The molecule has 3 fully saturated rings. The first-order chi connectivity index (χ1) is 14.5. The van der Waals surface area contributed by atoms with Gasteiger partial charge in [0.2, 0.25) is 10.0 Å². The van der Waals surface area contributed by atoms with Gasteiger partial charge in [-0.1, -0.05) is 0 Å². The van der Waals surface area contributed by atoms with Crippen LogP contribution < -0.4 is 5.32 Å². The molecule has 2 heterocycles. The molecule has 0 atom stereocenters. The van der Waals surface area contributed by atoms with E-state index in [4.69, 9.17) is 5.10 Å². The molecular weight excluding hydrogens is 400 g/mol. The Kier molecular flexibility index (Phi) is 5.14. The molecule has 3 aliphatic rings.